The number of nitrogens with zero attached hydrogens (tertiary/aromatic N) is 1. The molecule has 2 unspecified atom stereocenters. The number of hydrogen-bond acceptors (Lipinski definition) is 4. The number of piperidine rings is 1. The zero-order valence-electron chi connectivity index (χ0n) is 19.0. The first-order valence-electron chi connectivity index (χ1n) is 11.6. The summed E-state index contributed by atoms with van der Waals surface area (Å²) in [7, 11) is 0. The smallest absolute Gasteiger partial charge is 0.407 e. The van der Waals surface area contributed by atoms with Crippen molar-refractivity contribution >= 4 is 18.0 Å². The molecule has 2 aromatic rings. The van der Waals surface area contributed by atoms with Gasteiger partial charge in [0.1, 0.15) is 12.6 Å². The molecule has 7 nitrogen and oxygen atoms in total. The van der Waals surface area contributed by atoms with Crippen LogP contribution in [0.3, 0.4) is 0 Å². The Morgan fingerprint density at radius 2 is 1.67 bits per heavy atom. The molecule has 1 fully saturated rings. The van der Waals surface area contributed by atoms with Crippen molar-refractivity contribution < 1.29 is 24.2 Å². The molecule has 2 N–H and O–H groups in total. The molecule has 3 atom stereocenters. The number of ether oxygens (including phenoxy) is 1. The van der Waals surface area contributed by atoms with Crippen LogP contribution in [0.5, 0.6) is 0 Å². The molecule has 1 saturated heterocycles. The average Bonchev–Trinajstić information content (AvgIpc) is 3.14. The summed E-state index contributed by atoms with van der Waals surface area (Å²) in [6.45, 7) is 4.06. The van der Waals surface area contributed by atoms with E-state index in [1.54, 1.807) is 4.90 Å². The molecule has 0 aromatic heterocycles. The topological polar surface area (TPSA) is 95.9 Å². The number of fused-ring (bicyclic) bond motifs is 3. The highest BCUT2D eigenvalue weighted by Gasteiger charge is 2.36. The van der Waals surface area contributed by atoms with Gasteiger partial charge in [-0.15, -0.1) is 0 Å². The van der Waals surface area contributed by atoms with Gasteiger partial charge in [0.15, 0.2) is 0 Å². The van der Waals surface area contributed by atoms with Gasteiger partial charge in [0.2, 0.25) is 5.91 Å². The molecule has 7 heteroatoms. The molecule has 0 spiro atoms. The van der Waals surface area contributed by atoms with Crippen LogP contribution in [-0.4, -0.2) is 53.2 Å². The Hall–Kier alpha value is -3.35. The fourth-order valence-corrected chi connectivity index (χ4v) is 4.94. The standard InChI is InChI=1S/C26H30N2O5/c1-3-23(24(29)28-14-17(25(30)31)13-12-16(28)2)27-26(32)33-15-22-20-10-6-4-8-18(20)19-9-5-7-11-21(19)22/h4-11,16-17,22-23H,3,12-15H2,1-2H3,(H,27,32)(H,30,31)/t16?,17?,23-/m0/s1. The lowest BCUT2D eigenvalue weighted by Gasteiger charge is -2.38. The van der Waals surface area contributed by atoms with Gasteiger partial charge in [-0.05, 0) is 48.4 Å². The summed E-state index contributed by atoms with van der Waals surface area (Å²) >= 11 is 0. The number of nitrogens with one attached hydrogen (secondary N) is 1. The third-order valence-corrected chi connectivity index (χ3v) is 6.86. The summed E-state index contributed by atoms with van der Waals surface area (Å²) in [6.07, 6.45) is 0.932. The van der Waals surface area contributed by atoms with E-state index in [1.165, 1.54) is 0 Å². The number of carboxylic acid groups (broad SMARTS) is 1. The minimum atomic E-state index is -0.891. The average molecular weight is 451 g/mol. The summed E-state index contributed by atoms with van der Waals surface area (Å²) in [4.78, 5) is 38.7. The van der Waals surface area contributed by atoms with Crippen molar-refractivity contribution in [3.63, 3.8) is 0 Å². The van der Waals surface area contributed by atoms with Crippen LogP contribution in [0.15, 0.2) is 48.5 Å². The van der Waals surface area contributed by atoms with Gasteiger partial charge in [-0.25, -0.2) is 4.79 Å². The Balaban J connectivity index is 1.40. The minimum absolute atomic E-state index is 0.0580. The van der Waals surface area contributed by atoms with E-state index in [9.17, 15) is 19.5 Å². The van der Waals surface area contributed by atoms with Crippen LogP contribution in [-0.2, 0) is 14.3 Å². The van der Waals surface area contributed by atoms with Crippen LogP contribution < -0.4 is 5.32 Å². The second-order valence-electron chi connectivity index (χ2n) is 8.88. The van der Waals surface area contributed by atoms with E-state index in [4.69, 9.17) is 4.74 Å². The van der Waals surface area contributed by atoms with Crippen molar-refractivity contribution in [2.24, 2.45) is 5.92 Å². The van der Waals surface area contributed by atoms with Crippen LogP contribution in [0, 0.1) is 5.92 Å². The third kappa shape index (κ3) is 4.58. The monoisotopic (exact) mass is 450 g/mol. The quantitative estimate of drug-likeness (QED) is 0.693. The van der Waals surface area contributed by atoms with Gasteiger partial charge in [0.25, 0.3) is 0 Å². The van der Waals surface area contributed by atoms with E-state index in [1.807, 2.05) is 38.1 Å². The first kappa shape index (κ1) is 22.8. The van der Waals surface area contributed by atoms with Crippen molar-refractivity contribution in [3.8, 4) is 11.1 Å². The molecule has 0 saturated carbocycles. The lowest BCUT2D eigenvalue weighted by molar-refractivity contribution is -0.147. The summed E-state index contributed by atoms with van der Waals surface area (Å²) in [5.41, 5.74) is 4.54. The van der Waals surface area contributed by atoms with Crippen molar-refractivity contribution in [2.75, 3.05) is 13.2 Å². The van der Waals surface area contributed by atoms with Crippen LogP contribution in [0.1, 0.15) is 50.2 Å². The highest BCUT2D eigenvalue weighted by atomic mass is 16.5. The number of carbonyl (C=O) groups excluding carboxylic acids is 2. The molecule has 0 radical (unpaired) electrons. The summed E-state index contributed by atoms with van der Waals surface area (Å²) in [6, 6.07) is 15.4. The zero-order chi connectivity index (χ0) is 23.5. The Bertz CT molecular complexity index is 1010. The van der Waals surface area contributed by atoms with Crippen LogP contribution in [0.25, 0.3) is 11.1 Å². The third-order valence-electron chi connectivity index (χ3n) is 6.86. The number of aliphatic carboxylic acids is 1. The number of amides is 2. The Kier molecular flexibility index (Phi) is 6.67. The van der Waals surface area contributed by atoms with E-state index in [2.05, 4.69) is 29.6 Å². The predicted molar refractivity (Wildman–Crippen MR) is 124 cm³/mol. The highest BCUT2D eigenvalue weighted by molar-refractivity contribution is 5.86. The molecular formula is C26H30N2O5. The van der Waals surface area contributed by atoms with Crippen LogP contribution in [0.4, 0.5) is 4.79 Å². The van der Waals surface area contributed by atoms with Crippen LogP contribution in [0.2, 0.25) is 0 Å². The van der Waals surface area contributed by atoms with Crippen molar-refractivity contribution in [1.29, 1.82) is 0 Å². The van der Waals surface area contributed by atoms with Crippen molar-refractivity contribution in [1.82, 2.24) is 10.2 Å². The second-order valence-corrected chi connectivity index (χ2v) is 8.88. The Labute approximate surface area is 193 Å². The van der Waals surface area contributed by atoms with Gasteiger partial charge < -0.3 is 20.1 Å². The predicted octanol–water partition coefficient (Wildman–Crippen LogP) is 4.02. The van der Waals surface area contributed by atoms with E-state index >= 15 is 0 Å². The summed E-state index contributed by atoms with van der Waals surface area (Å²) < 4.78 is 5.58. The molecule has 4 rings (SSSR count). The highest BCUT2D eigenvalue weighted by Crippen LogP contribution is 2.44. The number of rotatable bonds is 6. The van der Waals surface area contributed by atoms with Gasteiger partial charge in [-0.1, -0.05) is 55.5 Å². The molecule has 0 bridgehead atoms. The summed E-state index contributed by atoms with van der Waals surface area (Å²) in [5, 5.41) is 12.1. The molecule has 2 aromatic carbocycles. The van der Waals surface area contributed by atoms with Gasteiger partial charge in [-0.3, -0.25) is 9.59 Å². The molecule has 1 aliphatic heterocycles. The number of benzene rings is 2. The Morgan fingerprint density at radius 1 is 1.06 bits per heavy atom. The lowest BCUT2D eigenvalue weighted by Crippen LogP contribution is -2.54. The number of hydrogen-bond donors (Lipinski definition) is 2. The van der Waals surface area contributed by atoms with Crippen LogP contribution >= 0.6 is 0 Å². The number of carbonyl (C=O) groups is 3. The van der Waals surface area contributed by atoms with Crippen molar-refractivity contribution in [3.05, 3.63) is 59.7 Å². The molecule has 2 amide bonds. The second kappa shape index (κ2) is 9.65. The first-order chi connectivity index (χ1) is 15.9. The lowest BCUT2D eigenvalue weighted by atomic mass is 9.92. The fourth-order valence-electron chi connectivity index (χ4n) is 4.94. The number of likely N-dealkylation sites (tertiary alicyclic amines) is 1. The van der Waals surface area contributed by atoms with E-state index in [-0.39, 0.29) is 31.0 Å². The first-order valence-corrected chi connectivity index (χ1v) is 11.6. The molecular weight excluding hydrogens is 420 g/mol. The molecule has 33 heavy (non-hydrogen) atoms. The maximum Gasteiger partial charge on any atom is 0.407 e. The fraction of sp³-hybridized carbons (Fsp3) is 0.423. The normalized spacial score (nSPS) is 20.5. The van der Waals surface area contributed by atoms with E-state index in [0.29, 0.717) is 19.3 Å². The molecule has 1 aliphatic carbocycles. The van der Waals surface area contributed by atoms with Crippen molar-refractivity contribution in [2.45, 2.75) is 51.1 Å². The summed E-state index contributed by atoms with van der Waals surface area (Å²) in [5.74, 6) is -1.78. The number of carboxylic acids is 1. The molecule has 2 aliphatic rings. The maximum atomic E-state index is 13.1. The maximum absolute atomic E-state index is 13.1. The van der Waals surface area contributed by atoms with Gasteiger partial charge in [0.05, 0.1) is 5.92 Å². The van der Waals surface area contributed by atoms with Gasteiger partial charge >= 0.3 is 12.1 Å². The molecule has 174 valence electrons. The largest absolute Gasteiger partial charge is 0.481 e. The van der Waals surface area contributed by atoms with E-state index in [0.717, 1.165) is 22.3 Å². The minimum Gasteiger partial charge on any atom is -0.481 e. The van der Waals surface area contributed by atoms with Gasteiger partial charge in [0, 0.05) is 18.5 Å². The Morgan fingerprint density at radius 3 is 2.24 bits per heavy atom. The zero-order valence-corrected chi connectivity index (χ0v) is 19.0. The molecule has 1 heterocycles. The van der Waals surface area contributed by atoms with Gasteiger partial charge in [-0.2, -0.15) is 0 Å². The number of alkyl carbamates (subject to hydrolysis) is 1. The SMILES string of the molecule is CC[C@H](NC(=O)OCC1c2ccccc2-c2ccccc21)C(=O)N1CC(C(=O)O)CCC1C. The van der Waals surface area contributed by atoms with E-state index < -0.39 is 24.0 Å².